The average Bonchev–Trinajstić information content (AvgIpc) is 2.25. The van der Waals surface area contributed by atoms with Gasteiger partial charge in [-0.3, -0.25) is 4.79 Å². The van der Waals surface area contributed by atoms with E-state index in [0.29, 0.717) is 13.0 Å². The molecule has 16 heavy (non-hydrogen) atoms. The molecule has 5 heteroatoms. The molecule has 0 bridgehead atoms. The molecule has 0 aromatic carbocycles. The monoisotopic (exact) mass is 229 g/mol. The van der Waals surface area contributed by atoms with Crippen molar-refractivity contribution in [3.8, 4) is 0 Å². The Morgan fingerprint density at radius 3 is 2.31 bits per heavy atom. The molecule has 1 unspecified atom stereocenters. The van der Waals surface area contributed by atoms with Crippen molar-refractivity contribution in [2.24, 2.45) is 16.8 Å². The molecule has 0 radical (unpaired) electrons. The van der Waals surface area contributed by atoms with Crippen LogP contribution in [-0.4, -0.2) is 34.4 Å². The Bertz CT molecular complexity index is 252. The Kier molecular flexibility index (Phi) is 6.53. The van der Waals surface area contributed by atoms with Gasteiger partial charge in [0.1, 0.15) is 0 Å². The molecule has 1 atom stereocenters. The van der Waals surface area contributed by atoms with E-state index in [1.54, 1.807) is 4.90 Å². The molecule has 1 amide bonds. The van der Waals surface area contributed by atoms with Gasteiger partial charge >= 0.3 is 0 Å². The fourth-order valence-corrected chi connectivity index (χ4v) is 1.64. The molecule has 0 spiro atoms. The van der Waals surface area contributed by atoms with E-state index in [2.05, 4.69) is 5.16 Å². The van der Waals surface area contributed by atoms with Gasteiger partial charge in [0, 0.05) is 12.6 Å². The van der Waals surface area contributed by atoms with Crippen molar-refractivity contribution in [1.82, 2.24) is 4.90 Å². The first kappa shape index (κ1) is 14.7. The highest BCUT2D eigenvalue weighted by Crippen LogP contribution is 2.11. The fourth-order valence-electron chi connectivity index (χ4n) is 1.64. The summed E-state index contributed by atoms with van der Waals surface area (Å²) in [5, 5.41) is 11.6. The fraction of sp³-hybridized carbons (Fsp3) is 0.818. The lowest BCUT2D eigenvalue weighted by Gasteiger charge is -2.29. The van der Waals surface area contributed by atoms with Crippen LogP contribution in [-0.2, 0) is 4.79 Å². The summed E-state index contributed by atoms with van der Waals surface area (Å²) in [4.78, 5) is 13.9. The van der Waals surface area contributed by atoms with E-state index < -0.39 is 5.92 Å². The summed E-state index contributed by atoms with van der Waals surface area (Å²) in [6.45, 7) is 8.50. The number of carbonyl (C=O) groups excluding carboxylic acids is 1. The minimum Gasteiger partial charge on any atom is -0.409 e. The van der Waals surface area contributed by atoms with E-state index in [4.69, 9.17) is 10.9 Å². The average molecular weight is 229 g/mol. The number of carbonyl (C=O) groups is 1. The van der Waals surface area contributed by atoms with Gasteiger partial charge in [-0.25, -0.2) is 0 Å². The molecule has 3 N–H and O–H groups in total. The van der Waals surface area contributed by atoms with Crippen molar-refractivity contribution in [3.05, 3.63) is 0 Å². The highest BCUT2D eigenvalue weighted by atomic mass is 16.4. The number of nitrogens with zero attached hydrogens (tertiary/aromatic N) is 2. The van der Waals surface area contributed by atoms with Crippen LogP contribution in [0.25, 0.3) is 0 Å². The summed E-state index contributed by atoms with van der Waals surface area (Å²) < 4.78 is 0. The number of hydrogen-bond acceptors (Lipinski definition) is 3. The zero-order valence-corrected chi connectivity index (χ0v) is 10.6. The Morgan fingerprint density at radius 1 is 1.44 bits per heavy atom. The second-order valence-corrected chi connectivity index (χ2v) is 4.11. The van der Waals surface area contributed by atoms with E-state index in [1.165, 1.54) is 0 Å². The second-order valence-electron chi connectivity index (χ2n) is 4.11. The van der Waals surface area contributed by atoms with Crippen LogP contribution in [0.1, 0.15) is 40.5 Å². The molecule has 0 heterocycles. The first-order valence-corrected chi connectivity index (χ1v) is 5.77. The summed E-state index contributed by atoms with van der Waals surface area (Å²) in [5.74, 6) is -0.581. The van der Waals surface area contributed by atoms with Crippen molar-refractivity contribution in [2.75, 3.05) is 6.54 Å². The SMILES string of the molecule is CCCN(C(=O)C(CC)C(N)=NO)C(C)C. The highest BCUT2D eigenvalue weighted by molar-refractivity contribution is 6.02. The van der Waals surface area contributed by atoms with Crippen LogP contribution in [0.3, 0.4) is 0 Å². The first-order valence-electron chi connectivity index (χ1n) is 5.77. The molecule has 0 aliphatic carbocycles. The third-order valence-electron chi connectivity index (χ3n) is 2.55. The topological polar surface area (TPSA) is 78.9 Å². The zero-order chi connectivity index (χ0) is 12.7. The Balaban J connectivity index is 4.82. The van der Waals surface area contributed by atoms with Crippen LogP contribution in [0, 0.1) is 5.92 Å². The Labute approximate surface area is 97.3 Å². The molecule has 0 aliphatic rings. The minimum absolute atomic E-state index is 0.00532. The minimum atomic E-state index is -0.515. The molecule has 0 fully saturated rings. The summed E-state index contributed by atoms with van der Waals surface area (Å²) in [5.41, 5.74) is 5.52. The summed E-state index contributed by atoms with van der Waals surface area (Å²) in [7, 11) is 0. The quantitative estimate of drug-likeness (QED) is 0.313. The zero-order valence-electron chi connectivity index (χ0n) is 10.6. The smallest absolute Gasteiger partial charge is 0.233 e. The Morgan fingerprint density at radius 2 is 2.00 bits per heavy atom. The molecular formula is C11H23N3O2. The van der Waals surface area contributed by atoms with Crippen molar-refractivity contribution < 1.29 is 10.0 Å². The van der Waals surface area contributed by atoms with E-state index >= 15 is 0 Å². The number of oxime groups is 1. The lowest BCUT2D eigenvalue weighted by atomic mass is 10.0. The molecular weight excluding hydrogens is 206 g/mol. The lowest BCUT2D eigenvalue weighted by molar-refractivity contribution is -0.135. The molecule has 0 aromatic heterocycles. The number of nitrogens with two attached hydrogens (primary N) is 1. The molecule has 5 nitrogen and oxygen atoms in total. The van der Waals surface area contributed by atoms with Crippen LogP contribution >= 0.6 is 0 Å². The number of amides is 1. The van der Waals surface area contributed by atoms with Crippen LogP contribution in [0.15, 0.2) is 5.16 Å². The van der Waals surface area contributed by atoms with Gasteiger partial charge < -0.3 is 15.8 Å². The summed E-state index contributed by atoms with van der Waals surface area (Å²) in [6, 6.07) is 0.132. The van der Waals surface area contributed by atoms with Crippen molar-refractivity contribution in [1.29, 1.82) is 0 Å². The molecule has 0 aromatic rings. The predicted octanol–water partition coefficient (Wildman–Crippen LogP) is 1.41. The second kappa shape index (κ2) is 7.09. The highest BCUT2D eigenvalue weighted by Gasteiger charge is 2.27. The van der Waals surface area contributed by atoms with Crippen LogP contribution in [0.4, 0.5) is 0 Å². The van der Waals surface area contributed by atoms with Crippen LogP contribution in [0.5, 0.6) is 0 Å². The van der Waals surface area contributed by atoms with Crippen molar-refractivity contribution >= 4 is 11.7 Å². The molecule has 0 rings (SSSR count). The van der Waals surface area contributed by atoms with E-state index in [9.17, 15) is 4.79 Å². The van der Waals surface area contributed by atoms with Gasteiger partial charge in [0.15, 0.2) is 5.84 Å². The summed E-state index contributed by atoms with van der Waals surface area (Å²) >= 11 is 0. The van der Waals surface area contributed by atoms with Gasteiger partial charge in [-0.15, -0.1) is 0 Å². The van der Waals surface area contributed by atoms with Gasteiger partial charge in [0.2, 0.25) is 5.91 Å². The maximum Gasteiger partial charge on any atom is 0.233 e. The summed E-state index contributed by atoms with van der Waals surface area (Å²) in [6.07, 6.45) is 1.44. The predicted molar refractivity (Wildman–Crippen MR) is 64.3 cm³/mol. The van der Waals surface area contributed by atoms with Crippen LogP contribution in [0.2, 0.25) is 0 Å². The third-order valence-corrected chi connectivity index (χ3v) is 2.55. The number of rotatable bonds is 6. The molecule has 0 saturated carbocycles. The van der Waals surface area contributed by atoms with E-state index in [-0.39, 0.29) is 17.8 Å². The molecule has 0 saturated heterocycles. The van der Waals surface area contributed by atoms with Gasteiger partial charge in [-0.1, -0.05) is 19.0 Å². The lowest BCUT2D eigenvalue weighted by Crippen LogP contribution is -2.45. The van der Waals surface area contributed by atoms with Crippen LogP contribution < -0.4 is 5.73 Å². The third kappa shape index (κ3) is 3.72. The molecule has 0 aliphatic heterocycles. The molecule has 94 valence electrons. The van der Waals surface area contributed by atoms with Gasteiger partial charge in [-0.2, -0.15) is 0 Å². The standard InChI is InChI=1S/C11H23N3O2/c1-5-7-14(8(3)4)11(15)9(6-2)10(12)13-16/h8-9,16H,5-7H2,1-4H3,(H2,12,13). The van der Waals surface area contributed by atoms with E-state index in [0.717, 1.165) is 6.42 Å². The maximum absolute atomic E-state index is 12.2. The van der Waals surface area contributed by atoms with Crippen molar-refractivity contribution in [2.45, 2.75) is 46.6 Å². The number of hydrogen-bond donors (Lipinski definition) is 2. The number of amidine groups is 1. The van der Waals surface area contributed by atoms with E-state index in [1.807, 2.05) is 27.7 Å². The first-order chi connectivity index (χ1) is 7.49. The van der Waals surface area contributed by atoms with Gasteiger partial charge in [-0.05, 0) is 26.7 Å². The normalized spacial score (nSPS) is 13.9. The van der Waals surface area contributed by atoms with Crippen molar-refractivity contribution in [3.63, 3.8) is 0 Å². The largest absolute Gasteiger partial charge is 0.409 e. The van der Waals surface area contributed by atoms with Gasteiger partial charge in [0.05, 0.1) is 5.92 Å². The van der Waals surface area contributed by atoms with Gasteiger partial charge in [0.25, 0.3) is 0 Å². The Hall–Kier alpha value is -1.26. The maximum atomic E-state index is 12.2.